The Morgan fingerprint density at radius 3 is 0.851 bits per heavy atom. The van der Waals surface area contributed by atoms with Crippen molar-refractivity contribution in [2.75, 3.05) is 0 Å². The SMILES string of the molecule is Cc1ccnc(-c2[c-]ccc3c2oc2c(C)cccc23)c1.Cc1ccnc(-c2[c-]ccc3c2oc2ccccc23)c1.[2H]C([2H])([2H])c1ccc(-c2[c-]ccc3c2oc2c(CC(C)C)cccc23)nc1.[2H]C([2H])([2H])c1ccc(-c2[c-]ccc3c2oc2ccccc23)nc1.[2H]C([2H])([2H])c1ccc(-c2[c-]cccc2)nc1.[2H]C([2H])([2H])c1ccc(-c2[c-]cccc2)nc1.[2H]C([2H])([2H])c1ccc(-c2[c-]cccc2)nc1.[2H]C([2H])([2H])c1ccc(-c2[c-]cccc2)nc1.[Ir].[Ir].[Ir].[Ir]. The van der Waals surface area contributed by atoms with Gasteiger partial charge in [-0.15, -0.1) is 216 Å². The molecule has 12 aromatic heterocycles. The third kappa shape index (κ3) is 26.0. The molecule has 0 atom stereocenters. The van der Waals surface area contributed by atoms with Gasteiger partial charge in [-0.25, -0.2) is 0 Å². The first-order chi connectivity index (χ1) is 74.2. The fourth-order valence-electron chi connectivity index (χ4n) is 15.3. The van der Waals surface area contributed by atoms with Crippen LogP contribution < -0.4 is 0 Å². The third-order valence-electron chi connectivity index (χ3n) is 21.9. The summed E-state index contributed by atoms with van der Waals surface area (Å²) < 4.78 is 156. The molecule has 0 fully saturated rings. The molecular weight excluding hydrogens is 2450 g/mol. The Hall–Kier alpha value is -14.4. The molecule has 0 spiro atoms. The van der Waals surface area contributed by atoms with Gasteiger partial charge in [0.15, 0.2) is 0 Å². The van der Waals surface area contributed by atoms with Crippen LogP contribution in [0.3, 0.4) is 0 Å². The summed E-state index contributed by atoms with van der Waals surface area (Å²) in [6.45, 7) is -2.10. The summed E-state index contributed by atoms with van der Waals surface area (Å²) in [6, 6.07) is 127. The molecule has 0 amide bonds. The molecule has 24 aromatic rings. The van der Waals surface area contributed by atoms with Crippen molar-refractivity contribution in [3.63, 3.8) is 0 Å². The van der Waals surface area contributed by atoms with Crippen LogP contribution in [0.5, 0.6) is 0 Å². The number of pyridine rings is 8. The molecule has 0 N–H and O–H groups in total. The second-order valence-corrected chi connectivity index (χ2v) is 32.3. The molecule has 16 heteroatoms. The summed E-state index contributed by atoms with van der Waals surface area (Å²) in [5, 5.41) is 8.64. The summed E-state index contributed by atoms with van der Waals surface area (Å²) >= 11 is 0. The summed E-state index contributed by atoms with van der Waals surface area (Å²) in [7, 11) is 0. The van der Waals surface area contributed by atoms with Crippen molar-refractivity contribution in [1.29, 1.82) is 0 Å². The van der Waals surface area contributed by atoms with Crippen LogP contribution in [0, 0.1) is 116 Å². The van der Waals surface area contributed by atoms with E-state index in [4.69, 9.17) is 42.3 Å². The summed E-state index contributed by atoms with van der Waals surface area (Å²) in [5.41, 5.74) is 25.7. The quantitative estimate of drug-likeness (QED) is 0.120. The minimum Gasteiger partial charge on any atom is -0.501 e. The molecule has 0 saturated heterocycles. The standard InChI is InChI=1S/C22H20NO.C19H14NO.2C18H12NO.4C12H10N.4Ir/c1-14(2)12-16-6-4-7-17-18-8-5-9-19(22(18)24-21(16)17)20-11-10-15(3)13-23-20;1-12-9-10-20-17(11-12)16-8-4-7-15-14-6-3-5-13(2)18(14)21-19(15)16;1-12-9-10-19-16(11-12)15-7-4-6-14-13-5-2-3-8-17(13)20-18(14)15;1-12-9-10-16(19-11-12)15-7-4-6-14-13-5-2-3-8-17(13)20-18(14)15;4*1-10-7-8-12(13-9-10)11-5-3-2-4-6-11;;;;/h4-8,10-11,13-14H,12H2,1-3H3;3-7,9-11H,1-2H3;2*2-6,8-11H,1H3;4*2-5,7-9H,1H3;;;;/q8*-1;;;;/i3D3;;;5*1D3;;;;. The Labute approximate surface area is 903 Å². The Kier molecular flexibility index (Phi) is 28.9. The Morgan fingerprint density at radius 2 is 0.532 bits per heavy atom. The van der Waals surface area contributed by atoms with Crippen LogP contribution in [0.15, 0.2) is 395 Å². The van der Waals surface area contributed by atoms with Crippen LogP contribution in [-0.4, -0.2) is 39.9 Å². The van der Waals surface area contributed by atoms with Crippen LogP contribution in [0.2, 0.25) is 0 Å². The van der Waals surface area contributed by atoms with Gasteiger partial charge in [0, 0.05) is 176 Å². The van der Waals surface area contributed by atoms with E-state index < -0.39 is 41.1 Å². The molecule has 706 valence electrons. The van der Waals surface area contributed by atoms with Gasteiger partial charge < -0.3 is 57.5 Å². The van der Waals surface area contributed by atoms with Gasteiger partial charge in [0.2, 0.25) is 0 Å². The maximum atomic E-state index is 7.50. The molecule has 0 saturated carbocycles. The van der Waals surface area contributed by atoms with Gasteiger partial charge in [0.05, 0.1) is 22.3 Å². The molecule has 12 aromatic carbocycles. The van der Waals surface area contributed by atoms with E-state index in [1.807, 2.05) is 182 Å². The van der Waals surface area contributed by atoms with Crippen molar-refractivity contribution in [2.24, 2.45) is 5.92 Å². The van der Waals surface area contributed by atoms with Crippen molar-refractivity contribution in [2.45, 2.75) is 82.2 Å². The van der Waals surface area contributed by atoms with Crippen molar-refractivity contribution >= 4 is 87.8 Å². The second-order valence-electron chi connectivity index (χ2n) is 32.3. The van der Waals surface area contributed by atoms with E-state index >= 15 is 0 Å². The zero-order chi connectivity index (χ0) is 110. The average Bonchev–Trinajstić information content (AvgIpc) is 1.62. The zero-order valence-electron chi connectivity index (χ0n) is 94.6. The van der Waals surface area contributed by atoms with Gasteiger partial charge in [-0.3, -0.25) is 0 Å². The zero-order valence-corrected chi connectivity index (χ0v) is 86.2. The first-order valence-electron chi connectivity index (χ1n) is 53.1. The molecular formula is C125H98Ir4N8O4-8. The number of aryl methyl sites for hydroxylation is 9. The molecule has 12 nitrogen and oxygen atoms in total. The van der Waals surface area contributed by atoms with E-state index in [1.165, 1.54) is 53.9 Å². The molecule has 0 bridgehead atoms. The number of para-hydroxylation sites is 4. The second kappa shape index (κ2) is 50.0. The summed E-state index contributed by atoms with van der Waals surface area (Å²) in [4.78, 5) is 34.0. The number of aromatic nitrogens is 8. The third-order valence-corrected chi connectivity index (χ3v) is 21.9. The van der Waals surface area contributed by atoms with E-state index in [0.29, 0.717) is 22.9 Å². The Balaban J connectivity index is 0.000000151. The molecule has 141 heavy (non-hydrogen) atoms. The molecule has 0 unspecified atom stereocenters. The van der Waals surface area contributed by atoms with Crippen LogP contribution in [0.1, 0.15) is 94.2 Å². The first-order valence-corrected chi connectivity index (χ1v) is 44.1. The largest absolute Gasteiger partial charge is 0.501 e. The number of rotatable bonds is 10. The topological polar surface area (TPSA) is 156 Å². The number of furan rings is 4. The molecule has 0 aliphatic rings. The fraction of sp³-hybridized carbons (Fsp3) is 0.104. The smallest absolute Gasteiger partial charge is 0.124 e. The minimum atomic E-state index is -2.16. The van der Waals surface area contributed by atoms with Crippen LogP contribution in [0.4, 0.5) is 0 Å². The van der Waals surface area contributed by atoms with E-state index in [1.54, 1.807) is 97.1 Å². The maximum Gasteiger partial charge on any atom is 0.124 e. The summed E-state index contributed by atoms with van der Waals surface area (Å²) in [6.07, 6.45) is 12.9. The van der Waals surface area contributed by atoms with E-state index in [-0.39, 0.29) is 114 Å². The molecule has 12 heterocycles. The van der Waals surface area contributed by atoms with Gasteiger partial charge in [0.25, 0.3) is 0 Å². The van der Waals surface area contributed by atoms with E-state index in [0.717, 1.165) is 173 Å². The van der Waals surface area contributed by atoms with E-state index in [2.05, 4.69) is 184 Å². The number of fused-ring (bicyclic) bond motifs is 12. The Morgan fingerprint density at radius 1 is 0.241 bits per heavy atom. The number of hydrogen-bond donors (Lipinski definition) is 0. The van der Waals surface area contributed by atoms with Crippen LogP contribution >= 0.6 is 0 Å². The van der Waals surface area contributed by atoms with Gasteiger partial charge in [-0.05, 0) is 189 Å². The van der Waals surface area contributed by atoms with Crippen molar-refractivity contribution in [1.82, 2.24) is 39.9 Å². The van der Waals surface area contributed by atoms with Crippen molar-refractivity contribution in [3.8, 4) is 90.1 Å². The van der Waals surface area contributed by atoms with Crippen molar-refractivity contribution in [3.05, 3.63) is 481 Å². The first kappa shape index (κ1) is 81.5. The number of benzene rings is 12. The fourth-order valence-corrected chi connectivity index (χ4v) is 15.3. The minimum absolute atomic E-state index is 0. The maximum absolute atomic E-state index is 7.50. The summed E-state index contributed by atoms with van der Waals surface area (Å²) in [5.74, 6) is 0.531. The Bertz CT molecular complexity index is 8550. The number of nitrogens with zero attached hydrogens (tertiary/aromatic N) is 8. The van der Waals surface area contributed by atoms with Gasteiger partial charge in [-0.1, -0.05) is 226 Å². The monoisotopic (exact) mass is 2560 g/mol. The molecule has 24 rings (SSSR count). The van der Waals surface area contributed by atoms with E-state index in [9.17, 15) is 0 Å². The molecule has 0 aliphatic heterocycles. The van der Waals surface area contributed by atoms with Crippen molar-refractivity contribution < 1.29 is 123 Å². The predicted molar refractivity (Wildman–Crippen MR) is 558 cm³/mol. The molecule has 0 aliphatic carbocycles. The average molecular weight is 2560 g/mol. The molecule has 4 radical (unpaired) electrons. The number of hydrogen-bond acceptors (Lipinski definition) is 12. The normalized spacial score (nSPS) is 13.0. The van der Waals surface area contributed by atoms with Crippen LogP contribution in [-0.2, 0) is 86.8 Å². The van der Waals surface area contributed by atoms with Crippen LogP contribution in [0.25, 0.3) is 178 Å². The predicted octanol–water partition coefficient (Wildman–Crippen LogP) is 32.0. The van der Waals surface area contributed by atoms with Gasteiger partial charge in [0.1, 0.15) is 22.3 Å². The van der Waals surface area contributed by atoms with Gasteiger partial charge in [-0.2, -0.15) is 0 Å². The van der Waals surface area contributed by atoms with Gasteiger partial charge >= 0.3 is 0 Å².